The summed E-state index contributed by atoms with van der Waals surface area (Å²) < 4.78 is 33.1. The summed E-state index contributed by atoms with van der Waals surface area (Å²) >= 11 is 0. The third-order valence-corrected chi connectivity index (χ3v) is 4.00. The largest absolute Gasteiger partial charge is 0.468 e. The summed E-state index contributed by atoms with van der Waals surface area (Å²) in [5, 5.41) is 11.9. The number of carbonyl (C=O) groups excluding carboxylic acids is 1. The number of carbonyl (C=O) groups is 1. The lowest BCUT2D eigenvalue weighted by molar-refractivity contribution is -0.216. The molecule has 2 rings (SSSR count). The molecule has 0 bridgehead atoms. The van der Waals surface area contributed by atoms with Crippen LogP contribution in [0.5, 0.6) is 0 Å². The zero-order valence-electron chi connectivity index (χ0n) is 12.1. The van der Waals surface area contributed by atoms with Gasteiger partial charge in [-0.15, -0.1) is 0 Å². The van der Waals surface area contributed by atoms with Crippen LogP contribution < -0.4 is 5.32 Å². The third-order valence-electron chi connectivity index (χ3n) is 4.00. The average molecular weight is 302 g/mol. The number of aliphatic hydroxyl groups is 1. The predicted octanol–water partition coefficient (Wildman–Crippen LogP) is 1.55. The molecule has 0 spiro atoms. The molecule has 1 aromatic rings. The second-order valence-electron chi connectivity index (χ2n) is 5.66. The van der Waals surface area contributed by atoms with Gasteiger partial charge in [0.2, 0.25) is 0 Å². The molecule has 1 aliphatic carbocycles. The van der Waals surface area contributed by atoms with Gasteiger partial charge in [0.25, 0.3) is 5.91 Å². The van der Waals surface area contributed by atoms with Gasteiger partial charge in [0.1, 0.15) is 11.4 Å². The SMILES string of the molecule is CN(C)C(CNC(=O)C(F)(F)C1(O)CCC1)c1ccco1. The molecule has 1 heterocycles. The average Bonchev–Trinajstić information content (AvgIpc) is 2.89. The predicted molar refractivity (Wildman–Crippen MR) is 71.9 cm³/mol. The van der Waals surface area contributed by atoms with Gasteiger partial charge in [-0.25, -0.2) is 0 Å². The van der Waals surface area contributed by atoms with E-state index >= 15 is 0 Å². The van der Waals surface area contributed by atoms with E-state index in [1.165, 1.54) is 6.26 Å². The van der Waals surface area contributed by atoms with Crippen LogP contribution in [0.25, 0.3) is 0 Å². The van der Waals surface area contributed by atoms with Gasteiger partial charge in [0, 0.05) is 6.54 Å². The maximum Gasteiger partial charge on any atom is 0.352 e. The van der Waals surface area contributed by atoms with Gasteiger partial charge in [0.15, 0.2) is 0 Å². The monoisotopic (exact) mass is 302 g/mol. The first-order valence-corrected chi connectivity index (χ1v) is 6.86. The molecule has 1 atom stereocenters. The van der Waals surface area contributed by atoms with Crippen molar-refractivity contribution in [1.29, 1.82) is 0 Å². The van der Waals surface area contributed by atoms with Gasteiger partial charge in [-0.1, -0.05) is 0 Å². The molecule has 5 nitrogen and oxygen atoms in total. The van der Waals surface area contributed by atoms with Crippen LogP contribution in [0.15, 0.2) is 22.8 Å². The number of alkyl halides is 2. The van der Waals surface area contributed by atoms with Crippen LogP contribution in [0.1, 0.15) is 31.1 Å². The zero-order chi connectivity index (χ0) is 15.7. The number of furan rings is 1. The minimum absolute atomic E-state index is 0.0228. The van der Waals surface area contributed by atoms with E-state index in [4.69, 9.17) is 4.42 Å². The highest BCUT2D eigenvalue weighted by molar-refractivity contribution is 5.85. The van der Waals surface area contributed by atoms with Crippen molar-refractivity contribution in [2.45, 2.75) is 36.8 Å². The lowest BCUT2D eigenvalue weighted by Gasteiger charge is -2.41. The van der Waals surface area contributed by atoms with E-state index in [-0.39, 0.29) is 25.4 Å². The van der Waals surface area contributed by atoms with Crippen molar-refractivity contribution < 1.29 is 23.1 Å². The van der Waals surface area contributed by atoms with Crippen molar-refractivity contribution in [3.05, 3.63) is 24.2 Å². The van der Waals surface area contributed by atoms with Crippen LogP contribution >= 0.6 is 0 Å². The van der Waals surface area contributed by atoms with Crippen molar-refractivity contribution in [1.82, 2.24) is 10.2 Å². The second-order valence-corrected chi connectivity index (χ2v) is 5.66. The smallest absolute Gasteiger partial charge is 0.352 e. The molecule has 118 valence electrons. The number of nitrogens with zero attached hydrogens (tertiary/aromatic N) is 1. The highest BCUT2D eigenvalue weighted by Gasteiger charge is 2.61. The minimum Gasteiger partial charge on any atom is -0.468 e. The Kier molecular flexibility index (Phi) is 4.34. The summed E-state index contributed by atoms with van der Waals surface area (Å²) in [4.78, 5) is 13.5. The van der Waals surface area contributed by atoms with Crippen LogP contribution in [0.3, 0.4) is 0 Å². The summed E-state index contributed by atoms with van der Waals surface area (Å²) in [5.41, 5.74) is -2.20. The highest BCUT2D eigenvalue weighted by Crippen LogP contribution is 2.44. The van der Waals surface area contributed by atoms with Crippen LogP contribution in [-0.2, 0) is 4.79 Å². The summed E-state index contributed by atoms with van der Waals surface area (Å²) in [7, 11) is 3.52. The standard InChI is InChI=1S/C14H20F2N2O3/c1-18(2)10(11-5-3-8-21-11)9-17-12(19)14(15,16)13(20)6-4-7-13/h3,5,8,10,20H,4,6-7,9H2,1-2H3,(H,17,19). The molecule has 0 saturated heterocycles. The summed E-state index contributed by atoms with van der Waals surface area (Å²) in [6.45, 7) is -0.0228. The Morgan fingerprint density at radius 2 is 2.24 bits per heavy atom. The van der Waals surface area contributed by atoms with Crippen molar-refractivity contribution in [2.24, 2.45) is 0 Å². The van der Waals surface area contributed by atoms with E-state index in [9.17, 15) is 18.7 Å². The number of halogens is 2. The van der Waals surface area contributed by atoms with E-state index in [0.717, 1.165) is 0 Å². The first kappa shape index (κ1) is 15.9. The Morgan fingerprint density at radius 1 is 1.57 bits per heavy atom. The summed E-state index contributed by atoms with van der Waals surface area (Å²) in [6.07, 6.45) is 1.89. The number of nitrogens with one attached hydrogen (secondary N) is 1. The molecule has 0 radical (unpaired) electrons. The molecule has 1 saturated carbocycles. The van der Waals surface area contributed by atoms with Crippen LogP contribution in [0.4, 0.5) is 8.78 Å². The molecule has 0 aromatic carbocycles. The number of rotatable bonds is 6. The molecular formula is C14H20F2N2O3. The maximum atomic E-state index is 13.9. The Labute approximate surface area is 121 Å². The summed E-state index contributed by atoms with van der Waals surface area (Å²) in [6, 6.07) is 3.06. The zero-order valence-corrected chi connectivity index (χ0v) is 12.1. The fourth-order valence-electron chi connectivity index (χ4n) is 2.36. The Bertz CT molecular complexity index is 484. The number of hydrogen-bond donors (Lipinski definition) is 2. The molecule has 1 unspecified atom stereocenters. The fraction of sp³-hybridized carbons (Fsp3) is 0.643. The van der Waals surface area contributed by atoms with E-state index < -0.39 is 17.4 Å². The molecular weight excluding hydrogens is 282 g/mol. The van der Waals surface area contributed by atoms with E-state index in [1.54, 1.807) is 31.1 Å². The lowest BCUT2D eigenvalue weighted by atomic mass is 9.75. The van der Waals surface area contributed by atoms with E-state index in [0.29, 0.717) is 12.2 Å². The molecule has 7 heteroatoms. The third kappa shape index (κ3) is 2.94. The highest BCUT2D eigenvalue weighted by atomic mass is 19.3. The molecule has 1 aliphatic rings. The van der Waals surface area contributed by atoms with Crippen LogP contribution in [0.2, 0.25) is 0 Å². The Morgan fingerprint density at radius 3 is 2.67 bits per heavy atom. The van der Waals surface area contributed by atoms with Gasteiger partial charge in [-0.2, -0.15) is 8.78 Å². The second kappa shape index (κ2) is 5.73. The topological polar surface area (TPSA) is 65.7 Å². The van der Waals surface area contributed by atoms with Gasteiger partial charge in [0.05, 0.1) is 12.3 Å². The molecule has 2 N–H and O–H groups in total. The quantitative estimate of drug-likeness (QED) is 0.837. The van der Waals surface area contributed by atoms with Crippen molar-refractivity contribution >= 4 is 5.91 Å². The number of amides is 1. The van der Waals surface area contributed by atoms with Crippen molar-refractivity contribution in [2.75, 3.05) is 20.6 Å². The molecule has 1 aromatic heterocycles. The van der Waals surface area contributed by atoms with Gasteiger partial charge >= 0.3 is 5.92 Å². The van der Waals surface area contributed by atoms with Crippen LogP contribution in [-0.4, -0.2) is 48.1 Å². The van der Waals surface area contributed by atoms with Gasteiger partial charge in [-0.3, -0.25) is 9.69 Å². The lowest BCUT2D eigenvalue weighted by Crippen LogP contribution is -2.61. The van der Waals surface area contributed by atoms with E-state index in [2.05, 4.69) is 5.32 Å². The summed E-state index contributed by atoms with van der Waals surface area (Å²) in [5.74, 6) is -4.64. The van der Waals surface area contributed by atoms with E-state index in [1.807, 2.05) is 0 Å². The molecule has 1 amide bonds. The van der Waals surface area contributed by atoms with Gasteiger partial charge < -0.3 is 14.8 Å². The first-order valence-electron chi connectivity index (χ1n) is 6.86. The molecule has 1 fully saturated rings. The van der Waals surface area contributed by atoms with Gasteiger partial charge in [-0.05, 0) is 45.5 Å². The maximum absolute atomic E-state index is 13.9. The van der Waals surface area contributed by atoms with Crippen molar-refractivity contribution in [3.8, 4) is 0 Å². The minimum atomic E-state index is -3.77. The fourth-order valence-corrected chi connectivity index (χ4v) is 2.36. The number of likely N-dealkylation sites (N-methyl/N-ethyl adjacent to an activating group) is 1. The molecule has 0 aliphatic heterocycles. The first-order chi connectivity index (χ1) is 9.78. The van der Waals surface area contributed by atoms with Crippen molar-refractivity contribution in [3.63, 3.8) is 0 Å². The number of hydrogen-bond acceptors (Lipinski definition) is 4. The Hall–Kier alpha value is -1.47. The molecule has 21 heavy (non-hydrogen) atoms. The Balaban J connectivity index is 1.99. The van der Waals surface area contributed by atoms with Crippen LogP contribution in [0, 0.1) is 0 Å². The normalized spacial score (nSPS) is 19.1.